The number of carbonyl (C=O) groups is 1. The fourth-order valence-electron chi connectivity index (χ4n) is 0.805. The smallest absolute Gasteiger partial charge is 0.292 e. The lowest BCUT2D eigenvalue weighted by Crippen LogP contribution is -2.57. The van der Waals surface area contributed by atoms with Crippen molar-refractivity contribution in [2.75, 3.05) is 6.61 Å². The maximum Gasteiger partial charge on any atom is 0.522 e. The normalized spacial score (nSPS) is 14.6. The fraction of sp³-hybridized carbons (Fsp3) is 0.857. The topological polar surface area (TPSA) is 26.3 Å². The van der Waals surface area contributed by atoms with Crippen LogP contribution in [0.1, 0.15) is 6.42 Å². The Morgan fingerprint density at radius 1 is 0.895 bits per heavy atom. The third-order valence-electron chi connectivity index (χ3n) is 1.78. The highest BCUT2D eigenvalue weighted by Gasteiger charge is 2.75. The van der Waals surface area contributed by atoms with Crippen molar-refractivity contribution >= 4 is 6.04 Å². The van der Waals surface area contributed by atoms with Gasteiger partial charge in [-0.05, 0) is 0 Å². The van der Waals surface area contributed by atoms with Crippen molar-refractivity contribution in [2.24, 2.45) is 0 Å². The molecule has 0 aliphatic heterocycles. The van der Waals surface area contributed by atoms with Crippen LogP contribution in [0.15, 0.2) is 0 Å². The number of rotatable bonds is 6. The third-order valence-corrected chi connectivity index (χ3v) is 1.78. The number of ether oxygens (including phenoxy) is 1. The zero-order valence-corrected chi connectivity index (χ0v) is 8.51. The van der Waals surface area contributed by atoms with E-state index in [1.807, 2.05) is 0 Å². The van der Waals surface area contributed by atoms with Gasteiger partial charge in [-0.2, -0.15) is 30.7 Å². The van der Waals surface area contributed by atoms with E-state index >= 15 is 0 Å². The van der Waals surface area contributed by atoms with Gasteiger partial charge in [0.15, 0.2) is 0 Å². The van der Waals surface area contributed by atoms with E-state index in [0.29, 0.717) is 0 Å². The number of halogens is 10. The van der Waals surface area contributed by atoms with E-state index in [4.69, 9.17) is 0 Å². The molecule has 0 bridgehead atoms. The fourth-order valence-corrected chi connectivity index (χ4v) is 0.805. The lowest BCUT2D eigenvalue weighted by molar-refractivity contribution is -0.339. The van der Waals surface area contributed by atoms with Crippen molar-refractivity contribution in [3.63, 3.8) is 0 Å². The third kappa shape index (κ3) is 3.94. The molecule has 0 aromatic heterocycles. The molecule has 0 aromatic rings. The van der Waals surface area contributed by atoms with E-state index in [0.717, 1.165) is 0 Å². The van der Waals surface area contributed by atoms with Crippen LogP contribution in [0.25, 0.3) is 0 Å². The van der Waals surface area contributed by atoms with E-state index in [1.54, 1.807) is 0 Å². The van der Waals surface area contributed by atoms with Crippen LogP contribution in [0.3, 0.4) is 0 Å². The molecule has 0 aliphatic rings. The summed E-state index contributed by atoms with van der Waals surface area (Å²) >= 11 is 0. The minimum Gasteiger partial charge on any atom is -0.292 e. The minimum atomic E-state index is -6.50. The van der Waals surface area contributed by atoms with E-state index in [1.165, 1.54) is 0 Å². The number of hydrogen-bond acceptors (Lipinski definition) is 2. The van der Waals surface area contributed by atoms with E-state index in [-0.39, 0.29) is 0 Å². The molecule has 0 unspecified atom stereocenters. The van der Waals surface area contributed by atoms with Gasteiger partial charge in [-0.1, -0.05) is 0 Å². The lowest BCUT2D eigenvalue weighted by atomic mass is 10.0. The Morgan fingerprint density at radius 3 is 1.63 bits per heavy atom. The van der Waals surface area contributed by atoms with Crippen LogP contribution in [-0.2, 0) is 9.53 Å². The lowest BCUT2D eigenvalue weighted by Gasteiger charge is -2.30. The summed E-state index contributed by atoms with van der Waals surface area (Å²) in [5, 5.41) is 0. The Bertz CT molecular complexity index is 333. The molecule has 19 heavy (non-hydrogen) atoms. The predicted octanol–water partition coefficient (Wildman–Crippen LogP) is 3.31. The second-order valence-electron chi connectivity index (χ2n) is 3.17. The summed E-state index contributed by atoms with van der Waals surface area (Å²) in [5.74, 6) is -18.7. The molecule has 0 heterocycles. The Labute approximate surface area is 97.9 Å². The number of hydrogen-bond donors (Lipinski definition) is 0. The summed E-state index contributed by atoms with van der Waals surface area (Å²) in [6, 6.07) is -4.03. The van der Waals surface area contributed by atoms with Gasteiger partial charge in [-0.3, -0.25) is 9.53 Å². The summed E-state index contributed by atoms with van der Waals surface area (Å²) in [6.45, 7) is -2.08. The molecule has 2 nitrogen and oxygen atoms in total. The summed E-state index contributed by atoms with van der Waals surface area (Å²) in [4.78, 5) is 9.55. The van der Waals surface area contributed by atoms with Crippen molar-refractivity contribution in [2.45, 2.75) is 30.6 Å². The molecule has 0 atom stereocenters. The highest BCUT2D eigenvalue weighted by Crippen LogP contribution is 2.48. The molecular weight excluding hydrogens is 306 g/mol. The van der Waals surface area contributed by atoms with Crippen molar-refractivity contribution in [3.05, 3.63) is 0 Å². The van der Waals surface area contributed by atoms with Gasteiger partial charge in [0.2, 0.25) is 0 Å². The minimum absolute atomic E-state index is 2.08. The van der Waals surface area contributed by atoms with Crippen molar-refractivity contribution in [1.29, 1.82) is 0 Å². The van der Waals surface area contributed by atoms with Crippen LogP contribution in [0.5, 0.6) is 0 Å². The highest BCUT2D eigenvalue weighted by molar-refractivity contribution is 5.77. The first-order chi connectivity index (χ1) is 8.15. The van der Waals surface area contributed by atoms with Crippen molar-refractivity contribution in [3.8, 4) is 0 Å². The molecule has 12 heteroatoms. The van der Waals surface area contributed by atoms with Crippen molar-refractivity contribution in [1.82, 2.24) is 0 Å². The van der Waals surface area contributed by atoms with Crippen LogP contribution < -0.4 is 0 Å². The average Bonchev–Trinajstić information content (AvgIpc) is 2.13. The zero-order chi connectivity index (χ0) is 15.7. The first kappa shape index (κ1) is 17.9. The Balaban J connectivity index is 4.93. The van der Waals surface area contributed by atoms with Gasteiger partial charge in [-0.15, -0.1) is 13.2 Å². The van der Waals surface area contributed by atoms with Gasteiger partial charge < -0.3 is 0 Å². The van der Waals surface area contributed by atoms with E-state index in [9.17, 15) is 48.7 Å². The van der Waals surface area contributed by atoms with Crippen LogP contribution in [-0.4, -0.2) is 36.8 Å². The molecule has 114 valence electrons. The number of carbonyl (C=O) groups excluding carboxylic acids is 1. The van der Waals surface area contributed by atoms with Crippen LogP contribution >= 0.6 is 0 Å². The van der Waals surface area contributed by atoms with Crippen molar-refractivity contribution < 1.29 is 53.4 Å². The molecule has 0 rings (SSSR count). The van der Waals surface area contributed by atoms with E-state index in [2.05, 4.69) is 4.74 Å². The molecule has 0 saturated carbocycles. The summed E-state index contributed by atoms with van der Waals surface area (Å²) < 4.78 is 123. The standard InChI is InChI=1S/C7H4F10O2/c8-3(18)5(11,12)6(13,14)4(9,10)1-2-19-7(15,16)17/h1-2H2. The molecule has 0 aliphatic carbocycles. The van der Waals surface area contributed by atoms with Gasteiger partial charge >= 0.3 is 30.2 Å². The quantitative estimate of drug-likeness (QED) is 0.556. The van der Waals surface area contributed by atoms with Gasteiger partial charge in [0.05, 0.1) is 6.61 Å². The zero-order valence-electron chi connectivity index (χ0n) is 8.51. The average molecular weight is 310 g/mol. The Hall–Kier alpha value is -1.07. The first-order valence-corrected chi connectivity index (χ1v) is 4.19. The molecule has 0 N–H and O–H groups in total. The maximum absolute atomic E-state index is 12.6. The Morgan fingerprint density at radius 2 is 1.32 bits per heavy atom. The summed E-state index contributed by atoms with van der Waals surface area (Å²) in [6.07, 6.45) is -7.94. The molecule has 0 fully saturated rings. The second-order valence-corrected chi connectivity index (χ2v) is 3.17. The summed E-state index contributed by atoms with van der Waals surface area (Å²) in [5.41, 5.74) is 0. The maximum atomic E-state index is 12.6. The van der Waals surface area contributed by atoms with Gasteiger partial charge in [0, 0.05) is 6.42 Å². The molecule has 0 aromatic carbocycles. The van der Waals surface area contributed by atoms with Crippen LogP contribution in [0, 0.1) is 0 Å². The molecule has 0 amide bonds. The predicted molar refractivity (Wildman–Crippen MR) is 37.6 cm³/mol. The van der Waals surface area contributed by atoms with Gasteiger partial charge in [0.25, 0.3) is 0 Å². The molecular formula is C7H4F10O2. The monoisotopic (exact) mass is 310 g/mol. The largest absolute Gasteiger partial charge is 0.522 e. The summed E-state index contributed by atoms with van der Waals surface area (Å²) in [7, 11) is 0. The van der Waals surface area contributed by atoms with Crippen LogP contribution in [0.2, 0.25) is 0 Å². The SMILES string of the molecule is O=C(F)C(F)(F)C(F)(F)C(F)(F)CCOC(F)(F)F. The van der Waals surface area contributed by atoms with Gasteiger partial charge in [-0.25, -0.2) is 0 Å². The van der Waals surface area contributed by atoms with Crippen LogP contribution in [0.4, 0.5) is 43.9 Å². The molecule has 0 spiro atoms. The molecule has 0 radical (unpaired) electrons. The van der Waals surface area contributed by atoms with E-state index < -0.39 is 43.2 Å². The van der Waals surface area contributed by atoms with Gasteiger partial charge in [0.1, 0.15) is 0 Å². The number of alkyl halides is 9. The molecule has 0 saturated heterocycles. The highest BCUT2D eigenvalue weighted by atomic mass is 19.4. The Kier molecular flexibility index (Phi) is 4.84. The first-order valence-electron chi connectivity index (χ1n) is 4.19. The second kappa shape index (κ2) is 5.13.